The van der Waals surface area contributed by atoms with Crippen LogP contribution in [0.25, 0.3) is 22.6 Å². The minimum atomic E-state index is -0.714. The zero-order valence-corrected chi connectivity index (χ0v) is 20.1. The molecule has 4 rings (SSSR count). The summed E-state index contributed by atoms with van der Waals surface area (Å²) in [6.07, 6.45) is 0.934. The van der Waals surface area contributed by atoms with E-state index in [9.17, 15) is 13.6 Å². The van der Waals surface area contributed by atoms with Crippen LogP contribution in [0.15, 0.2) is 63.9 Å². The van der Waals surface area contributed by atoms with Crippen molar-refractivity contribution in [1.82, 2.24) is 24.8 Å². The van der Waals surface area contributed by atoms with Gasteiger partial charge < -0.3 is 14.7 Å². The predicted octanol–water partition coefficient (Wildman–Crippen LogP) is 4.07. The van der Waals surface area contributed by atoms with Crippen LogP contribution in [0.2, 0.25) is 0 Å². The summed E-state index contributed by atoms with van der Waals surface area (Å²) in [7, 11) is 4.03. The van der Waals surface area contributed by atoms with Crippen molar-refractivity contribution < 1.29 is 13.3 Å². The Bertz CT molecular complexity index is 1320. The summed E-state index contributed by atoms with van der Waals surface area (Å²) in [6.45, 7) is 1.81. The van der Waals surface area contributed by atoms with Crippen molar-refractivity contribution in [2.75, 3.05) is 32.5 Å². The van der Waals surface area contributed by atoms with Crippen molar-refractivity contribution in [1.29, 1.82) is 0 Å². The molecule has 35 heavy (non-hydrogen) atoms. The van der Waals surface area contributed by atoms with E-state index in [1.165, 1.54) is 28.9 Å². The minimum absolute atomic E-state index is 0. The van der Waals surface area contributed by atoms with Gasteiger partial charge in [-0.15, -0.1) is 12.4 Å². The van der Waals surface area contributed by atoms with Crippen LogP contribution in [-0.2, 0) is 6.54 Å². The third-order valence-electron chi connectivity index (χ3n) is 5.03. The highest BCUT2D eigenvalue weighted by Crippen LogP contribution is 2.21. The van der Waals surface area contributed by atoms with Gasteiger partial charge in [-0.1, -0.05) is 23.4 Å². The topological polar surface area (TPSA) is 89.1 Å². The van der Waals surface area contributed by atoms with Gasteiger partial charge in [0.25, 0.3) is 5.56 Å². The van der Waals surface area contributed by atoms with Crippen LogP contribution >= 0.6 is 12.4 Å². The molecule has 0 aliphatic carbocycles. The highest BCUT2D eigenvalue weighted by atomic mass is 35.5. The monoisotopic (exact) mass is 502 g/mol. The SMILES string of the molecule is CN(C)CCCNc1nc(-c2cccc(Cn3nc(-c4cc(F)cc(F)c4)ccc3=O)c2)no1.Cl. The van der Waals surface area contributed by atoms with Crippen LogP contribution in [0.1, 0.15) is 12.0 Å². The fourth-order valence-corrected chi connectivity index (χ4v) is 3.40. The smallest absolute Gasteiger partial charge is 0.321 e. The zero-order valence-electron chi connectivity index (χ0n) is 19.2. The van der Waals surface area contributed by atoms with Crippen molar-refractivity contribution in [2.45, 2.75) is 13.0 Å². The molecule has 0 fully saturated rings. The lowest BCUT2D eigenvalue weighted by molar-refractivity contribution is 0.400. The Kier molecular flexibility index (Phi) is 8.67. The van der Waals surface area contributed by atoms with Crippen LogP contribution in [0.4, 0.5) is 14.8 Å². The number of halogens is 3. The first kappa shape index (κ1) is 26.0. The summed E-state index contributed by atoms with van der Waals surface area (Å²) in [5.74, 6) is -1.01. The fraction of sp³-hybridized carbons (Fsp3) is 0.250. The maximum atomic E-state index is 13.6. The standard InChI is InChI=1S/C24H24F2N6O2.ClH/c1-31(2)10-4-9-27-24-28-23(30-34-24)17-6-3-5-16(11-17)15-32-22(33)8-7-21(29-32)18-12-19(25)14-20(26)13-18;/h3,5-8,11-14H,4,9-10,15H2,1-2H3,(H,27,28,30);1H. The molecule has 2 aromatic heterocycles. The van der Waals surface area contributed by atoms with E-state index in [1.807, 2.05) is 38.4 Å². The molecule has 1 N–H and O–H groups in total. The summed E-state index contributed by atoms with van der Waals surface area (Å²) in [4.78, 5) is 18.8. The van der Waals surface area contributed by atoms with Crippen molar-refractivity contribution in [3.05, 3.63) is 82.1 Å². The van der Waals surface area contributed by atoms with Gasteiger partial charge >= 0.3 is 6.01 Å². The van der Waals surface area contributed by atoms with Crippen LogP contribution in [0, 0.1) is 11.6 Å². The number of aromatic nitrogens is 4. The second-order valence-electron chi connectivity index (χ2n) is 8.08. The van der Waals surface area contributed by atoms with Gasteiger partial charge in [0.05, 0.1) is 12.2 Å². The normalized spacial score (nSPS) is 10.9. The van der Waals surface area contributed by atoms with Crippen LogP contribution in [0.3, 0.4) is 0 Å². The summed E-state index contributed by atoms with van der Waals surface area (Å²) >= 11 is 0. The first-order chi connectivity index (χ1) is 16.4. The van der Waals surface area contributed by atoms with E-state index in [0.717, 1.165) is 30.2 Å². The number of nitrogens with one attached hydrogen (secondary N) is 1. The van der Waals surface area contributed by atoms with E-state index in [-0.39, 0.29) is 35.8 Å². The molecule has 0 unspecified atom stereocenters. The molecule has 8 nitrogen and oxygen atoms in total. The lowest BCUT2D eigenvalue weighted by Gasteiger charge is -2.08. The van der Waals surface area contributed by atoms with Crippen molar-refractivity contribution in [3.63, 3.8) is 0 Å². The van der Waals surface area contributed by atoms with Gasteiger partial charge in [-0.2, -0.15) is 10.1 Å². The molecule has 2 heterocycles. The Morgan fingerprint density at radius 1 is 1.03 bits per heavy atom. The number of benzene rings is 2. The molecule has 11 heteroatoms. The third kappa shape index (κ3) is 6.93. The number of nitrogens with zero attached hydrogens (tertiary/aromatic N) is 5. The molecule has 0 saturated heterocycles. The molecule has 2 aromatic carbocycles. The van der Waals surface area contributed by atoms with Gasteiger partial charge in [-0.05, 0) is 56.9 Å². The highest BCUT2D eigenvalue weighted by molar-refractivity contribution is 5.85. The Balaban J connectivity index is 0.00000342. The largest absolute Gasteiger partial charge is 0.338 e. The second-order valence-corrected chi connectivity index (χ2v) is 8.08. The van der Waals surface area contributed by atoms with E-state index in [1.54, 1.807) is 0 Å². The van der Waals surface area contributed by atoms with E-state index in [2.05, 4.69) is 25.5 Å². The molecule has 0 saturated carbocycles. The Hall–Kier alpha value is -3.63. The number of rotatable bonds is 9. The molecule has 0 bridgehead atoms. The molecule has 0 amide bonds. The lowest BCUT2D eigenvalue weighted by atomic mass is 10.1. The number of hydrogen-bond donors (Lipinski definition) is 1. The quantitative estimate of drug-likeness (QED) is 0.345. The van der Waals surface area contributed by atoms with Gasteiger partial charge in [0.2, 0.25) is 5.82 Å². The van der Waals surface area contributed by atoms with Crippen LogP contribution in [-0.4, -0.2) is 52.0 Å². The molecule has 0 atom stereocenters. The lowest BCUT2D eigenvalue weighted by Crippen LogP contribution is -2.22. The molecule has 184 valence electrons. The zero-order chi connectivity index (χ0) is 24.1. The van der Waals surface area contributed by atoms with Gasteiger partial charge in [-0.3, -0.25) is 4.79 Å². The molecule has 4 aromatic rings. The molecular formula is C24H25ClF2N6O2. The average Bonchev–Trinajstić information content (AvgIpc) is 3.27. The first-order valence-electron chi connectivity index (χ1n) is 10.7. The van der Waals surface area contributed by atoms with E-state index in [0.29, 0.717) is 18.4 Å². The van der Waals surface area contributed by atoms with Gasteiger partial charge in [-0.25, -0.2) is 13.5 Å². The summed E-state index contributed by atoms with van der Waals surface area (Å²) in [5, 5.41) is 11.4. The molecule has 0 aliphatic rings. The number of hydrogen-bond acceptors (Lipinski definition) is 7. The molecule has 0 aliphatic heterocycles. The fourth-order valence-electron chi connectivity index (χ4n) is 3.40. The minimum Gasteiger partial charge on any atom is -0.338 e. The second kappa shape index (κ2) is 11.7. The Labute approximate surface area is 207 Å². The van der Waals surface area contributed by atoms with Crippen molar-refractivity contribution >= 4 is 18.4 Å². The molecule has 0 radical (unpaired) electrons. The van der Waals surface area contributed by atoms with Crippen molar-refractivity contribution in [3.8, 4) is 22.6 Å². The summed E-state index contributed by atoms with van der Waals surface area (Å²) in [5.41, 5.74) is 1.70. The Morgan fingerprint density at radius 2 is 1.80 bits per heavy atom. The molecular weight excluding hydrogens is 478 g/mol. The first-order valence-corrected chi connectivity index (χ1v) is 10.7. The van der Waals surface area contributed by atoms with Gasteiger partial charge in [0.1, 0.15) is 11.6 Å². The van der Waals surface area contributed by atoms with Gasteiger partial charge in [0, 0.05) is 29.8 Å². The van der Waals surface area contributed by atoms with E-state index >= 15 is 0 Å². The Morgan fingerprint density at radius 3 is 2.54 bits per heavy atom. The van der Waals surface area contributed by atoms with E-state index < -0.39 is 11.6 Å². The summed E-state index contributed by atoms with van der Waals surface area (Å²) < 4.78 is 33.7. The summed E-state index contributed by atoms with van der Waals surface area (Å²) in [6, 6.07) is 13.6. The average molecular weight is 503 g/mol. The van der Waals surface area contributed by atoms with Crippen LogP contribution in [0.5, 0.6) is 0 Å². The maximum Gasteiger partial charge on any atom is 0.321 e. The van der Waals surface area contributed by atoms with E-state index in [4.69, 9.17) is 4.52 Å². The highest BCUT2D eigenvalue weighted by Gasteiger charge is 2.11. The predicted molar refractivity (Wildman–Crippen MR) is 132 cm³/mol. The van der Waals surface area contributed by atoms with Gasteiger partial charge in [0.15, 0.2) is 0 Å². The van der Waals surface area contributed by atoms with Crippen LogP contribution < -0.4 is 10.9 Å². The van der Waals surface area contributed by atoms with Crippen molar-refractivity contribution in [2.24, 2.45) is 0 Å². The molecule has 0 spiro atoms. The maximum absolute atomic E-state index is 13.6. The number of anilines is 1. The third-order valence-corrected chi connectivity index (χ3v) is 5.03.